The Morgan fingerprint density at radius 2 is 2.09 bits per heavy atom. The highest BCUT2D eigenvalue weighted by atomic mass is 19.1. The summed E-state index contributed by atoms with van der Waals surface area (Å²) in [6.07, 6.45) is 0.280. The molecule has 1 fully saturated rings. The van der Waals surface area contributed by atoms with Crippen LogP contribution in [0.15, 0.2) is 24.3 Å². The minimum absolute atomic E-state index is 0.173. The van der Waals surface area contributed by atoms with Crippen LogP contribution in [0.5, 0.6) is 5.75 Å². The van der Waals surface area contributed by atoms with Crippen LogP contribution in [0.3, 0.4) is 0 Å². The number of carbonyl (C=O) groups is 1. The van der Waals surface area contributed by atoms with Gasteiger partial charge in [-0.1, -0.05) is 6.07 Å². The molecule has 1 atom stereocenters. The molecule has 2 rings (SSSR count). The number of halogens is 1. The minimum atomic E-state index is -0.638. The Balaban J connectivity index is 1.62. The van der Waals surface area contributed by atoms with Gasteiger partial charge in [0.05, 0.1) is 0 Å². The maximum atomic E-state index is 13.1. The van der Waals surface area contributed by atoms with Crippen LogP contribution in [0.2, 0.25) is 0 Å². The summed E-state index contributed by atoms with van der Waals surface area (Å²) in [6, 6.07) is 5.82. The van der Waals surface area contributed by atoms with Gasteiger partial charge in [0, 0.05) is 38.8 Å². The molecule has 0 aromatic heterocycles. The topological polar surface area (TPSA) is 44.8 Å². The molecule has 6 heteroatoms. The molecule has 1 aromatic rings. The average Bonchev–Trinajstić information content (AvgIpc) is 2.53. The first-order valence-corrected chi connectivity index (χ1v) is 8.15. The van der Waals surface area contributed by atoms with Gasteiger partial charge >= 0.3 is 0 Å². The third kappa shape index (κ3) is 6.15. The second-order valence-corrected chi connectivity index (χ2v) is 6.01. The van der Waals surface area contributed by atoms with E-state index in [-0.39, 0.29) is 11.7 Å². The number of nitrogens with one attached hydrogen (secondary N) is 1. The van der Waals surface area contributed by atoms with Gasteiger partial charge in [0.2, 0.25) is 0 Å². The SMILES string of the molecule is CC(Oc1cccc(F)c1)C(=O)NCCCN1CCN(C)CC1. The van der Waals surface area contributed by atoms with Crippen molar-refractivity contribution in [3.05, 3.63) is 30.1 Å². The van der Waals surface area contributed by atoms with E-state index in [9.17, 15) is 9.18 Å². The highest BCUT2D eigenvalue weighted by Crippen LogP contribution is 2.13. The first kappa shape index (κ1) is 17.7. The molecule has 1 aromatic carbocycles. The number of amides is 1. The van der Waals surface area contributed by atoms with Crippen molar-refractivity contribution >= 4 is 5.91 Å². The molecule has 0 spiro atoms. The average molecular weight is 323 g/mol. The normalized spacial score (nSPS) is 17.7. The predicted octanol–water partition coefficient (Wildman–Crippen LogP) is 1.35. The van der Waals surface area contributed by atoms with E-state index >= 15 is 0 Å². The predicted molar refractivity (Wildman–Crippen MR) is 88.1 cm³/mol. The Morgan fingerprint density at radius 1 is 1.35 bits per heavy atom. The molecule has 1 aliphatic heterocycles. The van der Waals surface area contributed by atoms with E-state index in [1.807, 2.05) is 0 Å². The third-order valence-corrected chi connectivity index (χ3v) is 4.02. The number of benzene rings is 1. The standard InChI is InChI=1S/C17H26FN3O2/c1-14(23-16-6-3-5-15(18)13-16)17(22)19-7-4-8-21-11-9-20(2)10-12-21/h3,5-6,13-14H,4,7-12H2,1-2H3,(H,19,22). The molecule has 23 heavy (non-hydrogen) atoms. The van der Waals surface area contributed by atoms with Crippen molar-refractivity contribution in [2.24, 2.45) is 0 Å². The van der Waals surface area contributed by atoms with E-state index in [0.29, 0.717) is 12.3 Å². The van der Waals surface area contributed by atoms with E-state index in [1.54, 1.807) is 19.1 Å². The molecule has 1 heterocycles. The van der Waals surface area contributed by atoms with E-state index in [1.165, 1.54) is 12.1 Å². The van der Waals surface area contributed by atoms with Gasteiger partial charge in [-0.05, 0) is 39.1 Å². The van der Waals surface area contributed by atoms with Crippen LogP contribution in [0.25, 0.3) is 0 Å². The lowest BCUT2D eigenvalue weighted by Gasteiger charge is -2.32. The Kier molecular flexibility index (Phi) is 6.80. The second kappa shape index (κ2) is 8.84. The summed E-state index contributed by atoms with van der Waals surface area (Å²) in [5.41, 5.74) is 0. The smallest absolute Gasteiger partial charge is 0.260 e. The Labute approximate surface area is 137 Å². The second-order valence-electron chi connectivity index (χ2n) is 6.01. The summed E-state index contributed by atoms with van der Waals surface area (Å²) >= 11 is 0. The molecule has 1 saturated heterocycles. The van der Waals surface area contributed by atoms with Gasteiger partial charge in [-0.3, -0.25) is 4.79 Å². The monoisotopic (exact) mass is 323 g/mol. The van der Waals surface area contributed by atoms with Crippen molar-refractivity contribution < 1.29 is 13.9 Å². The largest absolute Gasteiger partial charge is 0.481 e. The Hall–Kier alpha value is -1.66. The minimum Gasteiger partial charge on any atom is -0.481 e. The van der Waals surface area contributed by atoms with Crippen LogP contribution in [0, 0.1) is 5.82 Å². The number of piperazine rings is 1. The lowest BCUT2D eigenvalue weighted by molar-refractivity contribution is -0.127. The van der Waals surface area contributed by atoms with Gasteiger partial charge in [-0.2, -0.15) is 0 Å². The lowest BCUT2D eigenvalue weighted by Crippen LogP contribution is -2.45. The third-order valence-electron chi connectivity index (χ3n) is 4.02. The molecular formula is C17H26FN3O2. The van der Waals surface area contributed by atoms with Crippen LogP contribution in [-0.4, -0.2) is 68.1 Å². The maximum absolute atomic E-state index is 13.1. The van der Waals surface area contributed by atoms with Crippen molar-refractivity contribution in [3.8, 4) is 5.75 Å². The van der Waals surface area contributed by atoms with Crippen molar-refractivity contribution in [2.45, 2.75) is 19.4 Å². The molecule has 5 nitrogen and oxygen atoms in total. The first-order valence-electron chi connectivity index (χ1n) is 8.15. The molecule has 1 unspecified atom stereocenters. The number of hydrogen-bond donors (Lipinski definition) is 1. The van der Waals surface area contributed by atoms with Gasteiger partial charge in [-0.25, -0.2) is 4.39 Å². The van der Waals surface area contributed by atoms with Gasteiger partial charge in [0.1, 0.15) is 11.6 Å². The zero-order valence-corrected chi connectivity index (χ0v) is 13.9. The lowest BCUT2D eigenvalue weighted by atomic mass is 10.3. The van der Waals surface area contributed by atoms with Crippen LogP contribution in [0.4, 0.5) is 4.39 Å². The summed E-state index contributed by atoms with van der Waals surface area (Å²) in [4.78, 5) is 16.7. The maximum Gasteiger partial charge on any atom is 0.260 e. The Bertz CT molecular complexity index is 504. The van der Waals surface area contributed by atoms with Crippen molar-refractivity contribution in [3.63, 3.8) is 0 Å². The van der Waals surface area contributed by atoms with Crippen LogP contribution in [-0.2, 0) is 4.79 Å². The molecule has 1 aliphatic rings. The highest BCUT2D eigenvalue weighted by molar-refractivity contribution is 5.80. The van der Waals surface area contributed by atoms with Crippen LogP contribution < -0.4 is 10.1 Å². The summed E-state index contributed by atoms with van der Waals surface area (Å²) < 4.78 is 18.5. The number of ether oxygens (including phenoxy) is 1. The molecule has 128 valence electrons. The summed E-state index contributed by atoms with van der Waals surface area (Å²) in [5, 5.41) is 2.87. The zero-order valence-electron chi connectivity index (χ0n) is 13.9. The summed E-state index contributed by atoms with van der Waals surface area (Å²) in [7, 11) is 2.14. The number of nitrogens with zero attached hydrogens (tertiary/aromatic N) is 2. The molecule has 0 radical (unpaired) electrons. The molecular weight excluding hydrogens is 297 g/mol. The van der Waals surface area contributed by atoms with E-state index < -0.39 is 6.10 Å². The van der Waals surface area contributed by atoms with Crippen molar-refractivity contribution in [1.82, 2.24) is 15.1 Å². The summed E-state index contributed by atoms with van der Waals surface area (Å²) in [6.45, 7) is 7.67. The quantitative estimate of drug-likeness (QED) is 0.770. The number of likely N-dealkylation sites (N-methyl/N-ethyl adjacent to an activating group) is 1. The molecule has 1 N–H and O–H groups in total. The molecule has 0 saturated carbocycles. The fourth-order valence-electron chi connectivity index (χ4n) is 2.53. The number of carbonyl (C=O) groups excluding carboxylic acids is 1. The molecule has 0 bridgehead atoms. The van der Waals surface area contributed by atoms with Gasteiger partial charge in [0.25, 0.3) is 5.91 Å². The van der Waals surface area contributed by atoms with Crippen molar-refractivity contribution in [1.29, 1.82) is 0 Å². The fourth-order valence-corrected chi connectivity index (χ4v) is 2.53. The fraction of sp³-hybridized carbons (Fsp3) is 0.588. The van der Waals surface area contributed by atoms with E-state index in [2.05, 4.69) is 22.2 Å². The van der Waals surface area contributed by atoms with Gasteiger partial charge < -0.3 is 19.9 Å². The molecule has 0 aliphatic carbocycles. The van der Waals surface area contributed by atoms with Crippen molar-refractivity contribution in [2.75, 3.05) is 46.3 Å². The molecule has 1 amide bonds. The highest BCUT2D eigenvalue weighted by Gasteiger charge is 2.15. The zero-order chi connectivity index (χ0) is 16.7. The number of rotatable bonds is 7. The Morgan fingerprint density at radius 3 is 2.78 bits per heavy atom. The first-order chi connectivity index (χ1) is 11.0. The van der Waals surface area contributed by atoms with E-state index in [0.717, 1.165) is 39.1 Å². The van der Waals surface area contributed by atoms with Gasteiger partial charge in [-0.15, -0.1) is 0 Å². The van der Waals surface area contributed by atoms with Gasteiger partial charge in [0.15, 0.2) is 6.10 Å². The number of hydrogen-bond acceptors (Lipinski definition) is 4. The van der Waals surface area contributed by atoms with Crippen LogP contribution in [0.1, 0.15) is 13.3 Å². The van der Waals surface area contributed by atoms with E-state index in [4.69, 9.17) is 4.74 Å². The summed E-state index contributed by atoms with van der Waals surface area (Å²) in [5.74, 6) is -0.181. The van der Waals surface area contributed by atoms with Crippen LogP contribution >= 0.6 is 0 Å².